The van der Waals surface area contributed by atoms with E-state index in [0.717, 1.165) is 16.7 Å². The molecule has 7 nitrogen and oxygen atoms in total. The van der Waals surface area contributed by atoms with Crippen molar-refractivity contribution in [3.8, 4) is 22.5 Å². The Morgan fingerprint density at radius 3 is 2.67 bits per heavy atom. The first-order chi connectivity index (χ1) is 14.7. The van der Waals surface area contributed by atoms with Gasteiger partial charge in [0.25, 0.3) is 0 Å². The standard InChI is InChI=1S/C23H20N4O3/c1-2-18(29)27-17-10-6-9-16(13-17)19-20-22(24-11-12-28)25-14-26-23(20)30-21(19)15-7-4-3-5-8-15/h2-10,13-14,28H,1,11-12H2,(H,27,29)(H,24,25,26). The second-order valence-corrected chi connectivity index (χ2v) is 6.50. The summed E-state index contributed by atoms with van der Waals surface area (Å²) in [6.45, 7) is 3.80. The van der Waals surface area contributed by atoms with Crippen molar-refractivity contribution in [2.24, 2.45) is 0 Å². The predicted octanol–water partition coefficient (Wildman–Crippen LogP) is 4.09. The van der Waals surface area contributed by atoms with Gasteiger partial charge in [-0.2, -0.15) is 0 Å². The molecule has 0 aliphatic heterocycles. The van der Waals surface area contributed by atoms with E-state index in [9.17, 15) is 9.90 Å². The molecule has 30 heavy (non-hydrogen) atoms. The molecule has 4 rings (SSSR count). The van der Waals surface area contributed by atoms with E-state index in [1.165, 1.54) is 12.4 Å². The van der Waals surface area contributed by atoms with Crippen LogP contribution < -0.4 is 10.6 Å². The highest BCUT2D eigenvalue weighted by Crippen LogP contribution is 2.43. The largest absolute Gasteiger partial charge is 0.437 e. The van der Waals surface area contributed by atoms with Crippen LogP contribution in [0.5, 0.6) is 0 Å². The number of nitrogens with one attached hydrogen (secondary N) is 2. The number of nitrogens with zero attached hydrogens (tertiary/aromatic N) is 2. The highest BCUT2D eigenvalue weighted by atomic mass is 16.3. The van der Waals surface area contributed by atoms with Crippen LogP contribution in [-0.2, 0) is 4.79 Å². The van der Waals surface area contributed by atoms with Crippen molar-refractivity contribution in [3.05, 3.63) is 73.6 Å². The summed E-state index contributed by atoms with van der Waals surface area (Å²) in [6, 6.07) is 17.2. The van der Waals surface area contributed by atoms with Crippen LogP contribution in [-0.4, -0.2) is 34.1 Å². The Morgan fingerprint density at radius 2 is 1.90 bits per heavy atom. The zero-order valence-corrected chi connectivity index (χ0v) is 16.1. The molecule has 0 aliphatic rings. The maximum Gasteiger partial charge on any atom is 0.247 e. The fourth-order valence-electron chi connectivity index (χ4n) is 3.26. The number of fused-ring (bicyclic) bond motifs is 1. The van der Waals surface area contributed by atoms with Gasteiger partial charge in [0.1, 0.15) is 17.9 Å². The molecule has 0 fully saturated rings. The van der Waals surface area contributed by atoms with E-state index in [-0.39, 0.29) is 12.5 Å². The van der Waals surface area contributed by atoms with Crippen LogP contribution >= 0.6 is 0 Å². The van der Waals surface area contributed by atoms with Gasteiger partial charge in [0.15, 0.2) is 0 Å². The van der Waals surface area contributed by atoms with Crippen LogP contribution in [0.1, 0.15) is 0 Å². The van der Waals surface area contributed by atoms with Crippen molar-refractivity contribution >= 4 is 28.5 Å². The van der Waals surface area contributed by atoms with E-state index in [1.54, 1.807) is 6.07 Å². The topological polar surface area (TPSA) is 100 Å². The van der Waals surface area contributed by atoms with Crippen LogP contribution in [0, 0.1) is 0 Å². The van der Waals surface area contributed by atoms with E-state index in [2.05, 4.69) is 27.2 Å². The molecule has 150 valence electrons. The summed E-state index contributed by atoms with van der Waals surface area (Å²) in [5.74, 6) is 0.918. The molecule has 0 spiro atoms. The molecule has 1 amide bonds. The number of rotatable bonds is 7. The van der Waals surface area contributed by atoms with Gasteiger partial charge >= 0.3 is 0 Å². The number of hydrogen-bond donors (Lipinski definition) is 3. The zero-order valence-electron chi connectivity index (χ0n) is 16.1. The summed E-state index contributed by atoms with van der Waals surface area (Å²) < 4.78 is 6.15. The Balaban J connectivity index is 1.95. The summed E-state index contributed by atoms with van der Waals surface area (Å²) in [7, 11) is 0. The number of aliphatic hydroxyl groups is 1. The lowest BCUT2D eigenvalue weighted by molar-refractivity contribution is -0.111. The molecule has 7 heteroatoms. The number of amides is 1. The van der Waals surface area contributed by atoms with E-state index >= 15 is 0 Å². The van der Waals surface area contributed by atoms with Crippen LogP contribution in [0.2, 0.25) is 0 Å². The highest BCUT2D eigenvalue weighted by Gasteiger charge is 2.22. The predicted molar refractivity (Wildman–Crippen MR) is 117 cm³/mol. The molecule has 4 aromatic rings. The molecule has 0 saturated carbocycles. The Bertz CT molecular complexity index is 1200. The summed E-state index contributed by atoms with van der Waals surface area (Å²) >= 11 is 0. The maximum absolute atomic E-state index is 11.8. The summed E-state index contributed by atoms with van der Waals surface area (Å²) in [5, 5.41) is 15.8. The molecule has 2 heterocycles. The fourth-order valence-corrected chi connectivity index (χ4v) is 3.26. The molecule has 0 unspecified atom stereocenters. The Labute approximate surface area is 173 Å². The Hall–Kier alpha value is -3.97. The van der Waals surface area contributed by atoms with Crippen LogP contribution in [0.3, 0.4) is 0 Å². The smallest absolute Gasteiger partial charge is 0.247 e. The zero-order chi connectivity index (χ0) is 20.9. The van der Waals surface area contributed by atoms with Gasteiger partial charge in [0.2, 0.25) is 11.6 Å². The molecular weight excluding hydrogens is 380 g/mol. The van der Waals surface area contributed by atoms with Gasteiger partial charge in [-0.05, 0) is 23.8 Å². The van der Waals surface area contributed by atoms with E-state index in [0.29, 0.717) is 34.9 Å². The lowest BCUT2D eigenvalue weighted by Crippen LogP contribution is -2.08. The number of hydrogen-bond acceptors (Lipinski definition) is 6. The molecule has 2 aromatic carbocycles. The number of carbonyl (C=O) groups is 1. The van der Waals surface area contributed by atoms with Crippen molar-refractivity contribution in [2.75, 3.05) is 23.8 Å². The normalized spacial score (nSPS) is 10.7. The van der Waals surface area contributed by atoms with E-state index in [1.807, 2.05) is 48.5 Å². The fraction of sp³-hybridized carbons (Fsp3) is 0.0870. The van der Waals surface area contributed by atoms with Gasteiger partial charge < -0.3 is 20.2 Å². The molecule has 2 aromatic heterocycles. The summed E-state index contributed by atoms with van der Waals surface area (Å²) in [6.07, 6.45) is 2.64. The van der Waals surface area contributed by atoms with Crippen LogP contribution in [0.25, 0.3) is 33.6 Å². The van der Waals surface area contributed by atoms with Crippen molar-refractivity contribution in [1.29, 1.82) is 0 Å². The van der Waals surface area contributed by atoms with Crippen molar-refractivity contribution in [3.63, 3.8) is 0 Å². The average Bonchev–Trinajstić information content (AvgIpc) is 3.18. The third kappa shape index (κ3) is 3.78. The van der Waals surface area contributed by atoms with Crippen molar-refractivity contribution in [2.45, 2.75) is 0 Å². The second-order valence-electron chi connectivity index (χ2n) is 6.50. The molecule has 0 radical (unpaired) electrons. The first kappa shape index (κ1) is 19.4. The average molecular weight is 400 g/mol. The number of anilines is 2. The lowest BCUT2D eigenvalue weighted by Gasteiger charge is -2.09. The lowest BCUT2D eigenvalue weighted by atomic mass is 9.99. The second kappa shape index (κ2) is 8.59. The monoisotopic (exact) mass is 400 g/mol. The molecule has 3 N–H and O–H groups in total. The molecule has 0 bridgehead atoms. The number of carbonyl (C=O) groups excluding carboxylic acids is 1. The minimum Gasteiger partial charge on any atom is -0.437 e. The van der Waals surface area contributed by atoms with Gasteiger partial charge in [-0.3, -0.25) is 4.79 Å². The van der Waals surface area contributed by atoms with Crippen molar-refractivity contribution < 1.29 is 14.3 Å². The van der Waals surface area contributed by atoms with Gasteiger partial charge in [0, 0.05) is 23.4 Å². The van der Waals surface area contributed by atoms with Gasteiger partial charge in [0.05, 0.1) is 12.0 Å². The first-order valence-electron chi connectivity index (χ1n) is 9.42. The Kier molecular flexibility index (Phi) is 5.54. The van der Waals surface area contributed by atoms with E-state index in [4.69, 9.17) is 4.42 Å². The third-order valence-corrected chi connectivity index (χ3v) is 4.53. The number of aliphatic hydroxyl groups excluding tert-OH is 1. The van der Waals surface area contributed by atoms with Gasteiger partial charge in [-0.15, -0.1) is 0 Å². The minimum absolute atomic E-state index is 0.0344. The molecule has 0 saturated heterocycles. The quantitative estimate of drug-likeness (QED) is 0.404. The molecule has 0 atom stereocenters. The number of aromatic nitrogens is 2. The van der Waals surface area contributed by atoms with Gasteiger partial charge in [-0.1, -0.05) is 49.0 Å². The summed E-state index contributed by atoms with van der Waals surface area (Å²) in [4.78, 5) is 20.4. The highest BCUT2D eigenvalue weighted by molar-refractivity contribution is 6.06. The third-order valence-electron chi connectivity index (χ3n) is 4.53. The molecule has 0 aliphatic carbocycles. The maximum atomic E-state index is 11.8. The summed E-state index contributed by atoms with van der Waals surface area (Å²) in [5.41, 5.74) is 3.58. The number of furan rings is 1. The van der Waals surface area contributed by atoms with E-state index < -0.39 is 0 Å². The molecular formula is C23H20N4O3. The van der Waals surface area contributed by atoms with Gasteiger partial charge in [-0.25, -0.2) is 9.97 Å². The first-order valence-corrected chi connectivity index (χ1v) is 9.42. The van der Waals surface area contributed by atoms with Crippen LogP contribution in [0.15, 0.2) is 78.0 Å². The Morgan fingerprint density at radius 1 is 1.10 bits per heavy atom. The minimum atomic E-state index is -0.291. The van der Waals surface area contributed by atoms with Crippen molar-refractivity contribution in [1.82, 2.24) is 9.97 Å². The number of benzene rings is 2. The van der Waals surface area contributed by atoms with Crippen LogP contribution in [0.4, 0.5) is 11.5 Å². The SMILES string of the molecule is C=CC(=O)Nc1cccc(-c2c(-c3ccccc3)oc3ncnc(NCCO)c23)c1.